The largest absolute Gasteiger partial charge is 0.372 e. The van der Waals surface area contributed by atoms with Crippen LogP contribution in [0.3, 0.4) is 0 Å². The molecular weight excluding hydrogens is 224 g/mol. The van der Waals surface area contributed by atoms with Crippen LogP contribution in [-0.2, 0) is 4.74 Å². The van der Waals surface area contributed by atoms with Crippen LogP contribution in [-0.4, -0.2) is 6.61 Å². The van der Waals surface area contributed by atoms with Crippen LogP contribution in [0.4, 0.5) is 8.78 Å². The van der Waals surface area contributed by atoms with E-state index in [1.165, 1.54) is 12.1 Å². The summed E-state index contributed by atoms with van der Waals surface area (Å²) in [6.45, 7) is 0.585. The van der Waals surface area contributed by atoms with Gasteiger partial charge < -0.3 is 4.74 Å². The molecule has 1 fully saturated rings. The predicted molar refractivity (Wildman–Crippen MR) is 58.4 cm³/mol. The number of hydrogen-bond acceptors (Lipinski definition) is 2. The molecule has 2 nitrogen and oxygen atoms in total. The molecule has 4 heteroatoms. The Kier molecular flexibility index (Phi) is 3.70. The van der Waals surface area contributed by atoms with E-state index >= 15 is 0 Å². The quantitative estimate of drug-likeness (QED) is 0.787. The highest BCUT2D eigenvalue weighted by atomic mass is 19.3. The average molecular weight is 237 g/mol. The highest BCUT2D eigenvalue weighted by molar-refractivity contribution is 5.27. The van der Waals surface area contributed by atoms with Crippen LogP contribution in [0.1, 0.15) is 36.5 Å². The third-order valence-corrected chi connectivity index (χ3v) is 2.98. The van der Waals surface area contributed by atoms with Gasteiger partial charge in [-0.2, -0.15) is 5.26 Å². The highest BCUT2D eigenvalue weighted by Crippen LogP contribution is 2.34. The van der Waals surface area contributed by atoms with Gasteiger partial charge in [-0.15, -0.1) is 0 Å². The van der Waals surface area contributed by atoms with Crippen molar-refractivity contribution >= 4 is 0 Å². The molecule has 0 spiro atoms. The number of hydrogen-bond donors (Lipinski definition) is 0. The minimum absolute atomic E-state index is 0.0200. The molecule has 2 atom stereocenters. The smallest absolute Gasteiger partial charge is 0.263 e. The van der Waals surface area contributed by atoms with E-state index in [1.54, 1.807) is 12.1 Å². The Bertz CT molecular complexity index is 428. The zero-order chi connectivity index (χ0) is 12.3. The summed E-state index contributed by atoms with van der Waals surface area (Å²) in [6, 6.07) is 8.34. The second-order valence-corrected chi connectivity index (χ2v) is 4.14. The van der Waals surface area contributed by atoms with Gasteiger partial charge in [-0.05, 0) is 24.5 Å². The molecule has 0 amide bonds. The molecular formula is C13H13F2NO. The SMILES string of the molecule is N#CC1CCCOC1c1cccc(C(F)F)c1. The molecule has 0 N–H and O–H groups in total. The van der Waals surface area contributed by atoms with Crippen molar-refractivity contribution in [3.05, 3.63) is 35.4 Å². The third kappa shape index (κ3) is 2.62. The predicted octanol–water partition coefficient (Wildman–Crippen LogP) is 3.62. The molecule has 1 aromatic rings. The standard InChI is InChI=1S/C13H13F2NO/c14-13(15)10-4-1-3-9(7-10)12-11(8-16)5-2-6-17-12/h1,3-4,7,11-13H,2,5-6H2. The van der Waals surface area contributed by atoms with Crippen molar-refractivity contribution in [3.63, 3.8) is 0 Å². The Hall–Kier alpha value is -1.47. The molecule has 1 saturated heterocycles. The van der Waals surface area contributed by atoms with Gasteiger partial charge in [0.05, 0.1) is 18.1 Å². The number of halogens is 2. The van der Waals surface area contributed by atoms with Crippen molar-refractivity contribution < 1.29 is 13.5 Å². The molecule has 0 bridgehead atoms. The minimum atomic E-state index is -2.49. The van der Waals surface area contributed by atoms with E-state index in [2.05, 4.69) is 6.07 Å². The summed E-state index contributed by atoms with van der Waals surface area (Å²) >= 11 is 0. The van der Waals surface area contributed by atoms with Gasteiger partial charge in [0.15, 0.2) is 0 Å². The fourth-order valence-corrected chi connectivity index (χ4v) is 2.11. The van der Waals surface area contributed by atoms with Crippen LogP contribution < -0.4 is 0 Å². The third-order valence-electron chi connectivity index (χ3n) is 2.98. The van der Waals surface area contributed by atoms with Gasteiger partial charge in [0.2, 0.25) is 0 Å². The minimum Gasteiger partial charge on any atom is -0.372 e. The zero-order valence-corrected chi connectivity index (χ0v) is 9.27. The monoisotopic (exact) mass is 237 g/mol. The Morgan fingerprint density at radius 2 is 2.24 bits per heavy atom. The number of rotatable bonds is 2. The van der Waals surface area contributed by atoms with E-state index in [1.807, 2.05) is 0 Å². The second-order valence-electron chi connectivity index (χ2n) is 4.14. The molecule has 90 valence electrons. The molecule has 0 aliphatic carbocycles. The van der Waals surface area contributed by atoms with Crippen LogP contribution in [0.5, 0.6) is 0 Å². The average Bonchev–Trinajstić information content (AvgIpc) is 2.39. The molecule has 0 aromatic heterocycles. The Morgan fingerprint density at radius 3 is 2.94 bits per heavy atom. The summed E-state index contributed by atoms with van der Waals surface area (Å²) in [5, 5.41) is 9.02. The van der Waals surface area contributed by atoms with Crippen LogP contribution in [0.15, 0.2) is 24.3 Å². The number of alkyl halides is 2. The van der Waals surface area contributed by atoms with Crippen LogP contribution in [0.2, 0.25) is 0 Å². The van der Waals surface area contributed by atoms with Gasteiger partial charge in [-0.1, -0.05) is 18.2 Å². The highest BCUT2D eigenvalue weighted by Gasteiger charge is 2.27. The Labute approximate surface area is 98.8 Å². The summed E-state index contributed by atoms with van der Waals surface area (Å²) < 4.78 is 30.7. The zero-order valence-electron chi connectivity index (χ0n) is 9.27. The molecule has 0 radical (unpaired) electrons. The number of nitriles is 1. The second kappa shape index (κ2) is 5.24. The summed E-state index contributed by atoms with van der Waals surface area (Å²) in [5.41, 5.74) is 0.655. The van der Waals surface area contributed by atoms with E-state index in [-0.39, 0.29) is 17.6 Å². The van der Waals surface area contributed by atoms with E-state index in [0.29, 0.717) is 12.2 Å². The molecule has 1 aliphatic rings. The fraction of sp³-hybridized carbons (Fsp3) is 0.462. The lowest BCUT2D eigenvalue weighted by atomic mass is 9.90. The van der Waals surface area contributed by atoms with Crippen molar-refractivity contribution in [1.29, 1.82) is 5.26 Å². The topological polar surface area (TPSA) is 33.0 Å². The maximum absolute atomic E-state index is 12.6. The first-order valence-electron chi connectivity index (χ1n) is 5.61. The van der Waals surface area contributed by atoms with E-state index in [9.17, 15) is 8.78 Å². The van der Waals surface area contributed by atoms with Crippen LogP contribution in [0.25, 0.3) is 0 Å². The summed E-state index contributed by atoms with van der Waals surface area (Å²) in [4.78, 5) is 0. The summed E-state index contributed by atoms with van der Waals surface area (Å²) in [7, 11) is 0. The molecule has 1 aromatic carbocycles. The van der Waals surface area contributed by atoms with Gasteiger partial charge in [-0.25, -0.2) is 8.78 Å². The molecule has 1 aliphatic heterocycles. The molecule has 2 rings (SSSR count). The van der Waals surface area contributed by atoms with Crippen molar-refractivity contribution in [2.75, 3.05) is 6.61 Å². The van der Waals surface area contributed by atoms with Gasteiger partial charge >= 0.3 is 0 Å². The number of ether oxygens (including phenoxy) is 1. The maximum atomic E-state index is 12.6. The maximum Gasteiger partial charge on any atom is 0.263 e. The number of benzene rings is 1. The molecule has 1 heterocycles. The lowest BCUT2D eigenvalue weighted by Gasteiger charge is -2.27. The van der Waals surface area contributed by atoms with Crippen molar-refractivity contribution in [1.82, 2.24) is 0 Å². The fourth-order valence-electron chi connectivity index (χ4n) is 2.11. The van der Waals surface area contributed by atoms with Gasteiger partial charge in [0.1, 0.15) is 0 Å². The Balaban J connectivity index is 2.26. The molecule has 2 unspecified atom stereocenters. The number of nitrogens with zero attached hydrogens (tertiary/aromatic N) is 1. The summed E-state index contributed by atoms with van der Waals surface area (Å²) in [6.07, 6.45) is -1.24. The van der Waals surface area contributed by atoms with E-state index in [0.717, 1.165) is 12.8 Å². The lowest BCUT2D eigenvalue weighted by Crippen LogP contribution is -2.21. The van der Waals surface area contributed by atoms with Crippen molar-refractivity contribution in [2.45, 2.75) is 25.4 Å². The van der Waals surface area contributed by atoms with Gasteiger partial charge in [-0.3, -0.25) is 0 Å². The van der Waals surface area contributed by atoms with Gasteiger partial charge in [0.25, 0.3) is 6.43 Å². The van der Waals surface area contributed by atoms with E-state index < -0.39 is 6.43 Å². The van der Waals surface area contributed by atoms with Gasteiger partial charge in [0, 0.05) is 12.2 Å². The van der Waals surface area contributed by atoms with Crippen molar-refractivity contribution in [2.24, 2.45) is 5.92 Å². The Morgan fingerprint density at radius 1 is 1.41 bits per heavy atom. The first-order valence-corrected chi connectivity index (χ1v) is 5.61. The molecule has 0 saturated carbocycles. The van der Waals surface area contributed by atoms with E-state index in [4.69, 9.17) is 10.00 Å². The summed E-state index contributed by atoms with van der Waals surface area (Å²) in [5.74, 6) is -0.239. The van der Waals surface area contributed by atoms with Crippen LogP contribution in [0, 0.1) is 17.2 Å². The first kappa shape index (κ1) is 12.0. The first-order chi connectivity index (χ1) is 8.22. The molecule has 17 heavy (non-hydrogen) atoms. The normalized spacial score (nSPS) is 24.6. The lowest BCUT2D eigenvalue weighted by molar-refractivity contribution is -0.0103. The van der Waals surface area contributed by atoms with Crippen molar-refractivity contribution in [3.8, 4) is 6.07 Å². The van der Waals surface area contributed by atoms with Crippen LogP contribution >= 0.6 is 0 Å².